The van der Waals surface area contributed by atoms with Crippen LogP contribution >= 0.6 is 0 Å². The first kappa shape index (κ1) is 13.0. The van der Waals surface area contributed by atoms with Crippen molar-refractivity contribution in [3.63, 3.8) is 0 Å². The minimum Gasteiger partial charge on any atom is -0.496 e. The molecule has 0 saturated carbocycles. The van der Waals surface area contributed by atoms with Gasteiger partial charge in [-0.3, -0.25) is 4.79 Å². The van der Waals surface area contributed by atoms with Gasteiger partial charge in [0.15, 0.2) is 0 Å². The van der Waals surface area contributed by atoms with Crippen molar-refractivity contribution in [1.29, 1.82) is 0 Å². The Bertz CT molecular complexity index is 553. The Morgan fingerprint density at radius 2 is 2.22 bits per heavy atom. The second-order valence-corrected chi connectivity index (χ2v) is 6.28. The first-order valence-corrected chi connectivity index (χ1v) is 7.27. The lowest BCUT2D eigenvalue weighted by atomic mass is 10.1. The molecule has 1 fully saturated rings. The SMILES string of the molecule is COc1ccc(C=O)cc1CN1CCCS1(=O)=O. The van der Waals surface area contributed by atoms with Crippen LogP contribution in [-0.2, 0) is 16.6 Å². The van der Waals surface area contributed by atoms with Gasteiger partial charge >= 0.3 is 0 Å². The zero-order chi connectivity index (χ0) is 13.2. The van der Waals surface area contributed by atoms with Crippen molar-refractivity contribution in [2.45, 2.75) is 13.0 Å². The Morgan fingerprint density at radius 3 is 2.78 bits per heavy atom. The van der Waals surface area contributed by atoms with E-state index in [0.717, 1.165) is 6.29 Å². The largest absolute Gasteiger partial charge is 0.496 e. The number of carbonyl (C=O) groups excluding carboxylic acids is 1. The molecule has 0 radical (unpaired) electrons. The molecule has 6 heteroatoms. The highest BCUT2D eigenvalue weighted by Crippen LogP contribution is 2.24. The number of sulfonamides is 1. The molecule has 0 aliphatic carbocycles. The number of carbonyl (C=O) groups is 1. The summed E-state index contributed by atoms with van der Waals surface area (Å²) in [6, 6.07) is 5.00. The monoisotopic (exact) mass is 269 g/mol. The molecule has 1 aliphatic rings. The van der Waals surface area contributed by atoms with Gasteiger partial charge in [0.1, 0.15) is 12.0 Å². The van der Waals surface area contributed by atoms with Crippen molar-refractivity contribution in [2.75, 3.05) is 19.4 Å². The Kier molecular flexibility index (Phi) is 3.68. The van der Waals surface area contributed by atoms with Gasteiger partial charge in [-0.05, 0) is 24.6 Å². The summed E-state index contributed by atoms with van der Waals surface area (Å²) in [6.07, 6.45) is 1.39. The quantitative estimate of drug-likeness (QED) is 0.766. The molecule has 0 atom stereocenters. The van der Waals surface area contributed by atoms with E-state index in [-0.39, 0.29) is 12.3 Å². The number of aldehydes is 1. The summed E-state index contributed by atoms with van der Waals surface area (Å²) in [5.74, 6) is 0.797. The van der Waals surface area contributed by atoms with Gasteiger partial charge in [-0.2, -0.15) is 4.31 Å². The minimum absolute atomic E-state index is 0.197. The second-order valence-electron chi connectivity index (χ2n) is 4.19. The van der Waals surface area contributed by atoms with E-state index in [0.29, 0.717) is 29.8 Å². The molecular formula is C12H15NO4S. The number of nitrogens with zero attached hydrogens (tertiary/aromatic N) is 1. The van der Waals surface area contributed by atoms with Gasteiger partial charge in [-0.15, -0.1) is 0 Å². The van der Waals surface area contributed by atoms with E-state index in [4.69, 9.17) is 4.74 Å². The first-order chi connectivity index (χ1) is 8.56. The van der Waals surface area contributed by atoms with E-state index in [1.165, 1.54) is 11.4 Å². The third-order valence-electron chi connectivity index (χ3n) is 2.99. The Hall–Kier alpha value is -1.40. The summed E-state index contributed by atoms with van der Waals surface area (Å²) in [5, 5.41) is 0. The maximum atomic E-state index is 11.7. The normalized spacial score (nSPS) is 18.7. The van der Waals surface area contributed by atoms with Crippen molar-refractivity contribution in [1.82, 2.24) is 4.31 Å². The third kappa shape index (κ3) is 2.54. The maximum Gasteiger partial charge on any atom is 0.214 e. The molecule has 18 heavy (non-hydrogen) atoms. The number of rotatable bonds is 4. The molecule has 2 rings (SSSR count). The van der Waals surface area contributed by atoms with Crippen LogP contribution in [0, 0.1) is 0 Å². The molecule has 0 unspecified atom stereocenters. The molecule has 0 N–H and O–H groups in total. The van der Waals surface area contributed by atoms with Crippen LogP contribution in [0.5, 0.6) is 5.75 Å². The number of methoxy groups -OCH3 is 1. The molecule has 98 valence electrons. The zero-order valence-electron chi connectivity index (χ0n) is 10.1. The second kappa shape index (κ2) is 5.07. The molecule has 0 bridgehead atoms. The van der Waals surface area contributed by atoms with Gasteiger partial charge in [-0.1, -0.05) is 0 Å². The van der Waals surface area contributed by atoms with Crippen LogP contribution in [0.25, 0.3) is 0 Å². The highest BCUT2D eigenvalue weighted by molar-refractivity contribution is 7.89. The smallest absolute Gasteiger partial charge is 0.214 e. The minimum atomic E-state index is -3.14. The summed E-state index contributed by atoms with van der Waals surface area (Å²) >= 11 is 0. The fourth-order valence-electron chi connectivity index (χ4n) is 2.05. The lowest BCUT2D eigenvalue weighted by Gasteiger charge is -2.16. The highest BCUT2D eigenvalue weighted by Gasteiger charge is 2.28. The van der Waals surface area contributed by atoms with Crippen LogP contribution in [-0.4, -0.2) is 38.4 Å². The highest BCUT2D eigenvalue weighted by atomic mass is 32.2. The molecule has 0 amide bonds. The number of hydrogen-bond acceptors (Lipinski definition) is 4. The van der Waals surface area contributed by atoms with Crippen LogP contribution in [0.15, 0.2) is 18.2 Å². The molecule has 1 aromatic rings. The molecule has 5 nitrogen and oxygen atoms in total. The average molecular weight is 269 g/mol. The van der Waals surface area contributed by atoms with Gasteiger partial charge in [0.05, 0.1) is 12.9 Å². The van der Waals surface area contributed by atoms with Crippen molar-refractivity contribution >= 4 is 16.3 Å². The van der Waals surface area contributed by atoms with Crippen molar-refractivity contribution in [3.8, 4) is 5.75 Å². The lowest BCUT2D eigenvalue weighted by molar-refractivity contribution is 0.112. The van der Waals surface area contributed by atoms with Crippen LogP contribution in [0.2, 0.25) is 0 Å². The van der Waals surface area contributed by atoms with Gasteiger partial charge in [0.25, 0.3) is 0 Å². The van der Waals surface area contributed by atoms with Crippen LogP contribution < -0.4 is 4.74 Å². The lowest BCUT2D eigenvalue weighted by Crippen LogP contribution is -2.25. The van der Waals surface area contributed by atoms with Crippen LogP contribution in [0.4, 0.5) is 0 Å². The van der Waals surface area contributed by atoms with Gasteiger partial charge < -0.3 is 4.74 Å². The molecule has 1 saturated heterocycles. The Labute approximate surface area is 106 Å². The van der Waals surface area contributed by atoms with E-state index in [9.17, 15) is 13.2 Å². The summed E-state index contributed by atoms with van der Waals surface area (Å²) < 4.78 is 30.1. The Balaban J connectivity index is 2.30. The predicted octanol–water partition coefficient (Wildman–Crippen LogP) is 1.04. The van der Waals surface area contributed by atoms with Crippen LogP contribution in [0.3, 0.4) is 0 Å². The summed E-state index contributed by atoms with van der Waals surface area (Å²) in [5.41, 5.74) is 1.23. The summed E-state index contributed by atoms with van der Waals surface area (Å²) in [6.45, 7) is 0.782. The molecule has 0 aromatic heterocycles. The molecular weight excluding hydrogens is 254 g/mol. The van der Waals surface area contributed by atoms with E-state index in [2.05, 4.69) is 0 Å². The molecule has 1 aromatic carbocycles. The maximum absolute atomic E-state index is 11.7. The van der Waals surface area contributed by atoms with Crippen molar-refractivity contribution in [2.24, 2.45) is 0 Å². The number of benzene rings is 1. The van der Waals surface area contributed by atoms with E-state index < -0.39 is 10.0 Å². The first-order valence-electron chi connectivity index (χ1n) is 5.67. The van der Waals surface area contributed by atoms with Gasteiger partial charge in [-0.25, -0.2) is 8.42 Å². The third-order valence-corrected chi connectivity index (χ3v) is 4.89. The number of hydrogen-bond donors (Lipinski definition) is 0. The van der Waals surface area contributed by atoms with E-state index >= 15 is 0 Å². The fraction of sp³-hybridized carbons (Fsp3) is 0.417. The summed E-state index contributed by atoms with van der Waals surface area (Å²) in [4.78, 5) is 10.8. The van der Waals surface area contributed by atoms with Crippen molar-refractivity contribution < 1.29 is 17.9 Å². The van der Waals surface area contributed by atoms with Crippen LogP contribution in [0.1, 0.15) is 22.3 Å². The average Bonchev–Trinajstić information content (AvgIpc) is 2.68. The molecule has 1 aliphatic heterocycles. The standard InChI is InChI=1S/C12H15NO4S/c1-17-12-4-3-10(9-14)7-11(12)8-13-5-2-6-18(13,15)16/h3-4,7,9H,2,5-6,8H2,1H3. The number of ether oxygens (including phenoxy) is 1. The predicted molar refractivity (Wildman–Crippen MR) is 67.2 cm³/mol. The van der Waals surface area contributed by atoms with E-state index in [1.54, 1.807) is 18.2 Å². The fourth-order valence-corrected chi connectivity index (χ4v) is 3.55. The zero-order valence-corrected chi connectivity index (χ0v) is 10.9. The Morgan fingerprint density at radius 1 is 1.44 bits per heavy atom. The van der Waals surface area contributed by atoms with Gasteiger partial charge in [0, 0.05) is 24.2 Å². The molecule has 0 spiro atoms. The van der Waals surface area contributed by atoms with Crippen molar-refractivity contribution in [3.05, 3.63) is 29.3 Å². The van der Waals surface area contributed by atoms with E-state index in [1.807, 2.05) is 0 Å². The molecule has 1 heterocycles. The van der Waals surface area contributed by atoms with Gasteiger partial charge in [0.2, 0.25) is 10.0 Å². The summed E-state index contributed by atoms with van der Waals surface area (Å²) in [7, 11) is -1.61. The topological polar surface area (TPSA) is 63.7 Å².